The van der Waals surface area contributed by atoms with E-state index in [0.29, 0.717) is 37.3 Å². The second kappa shape index (κ2) is 17.0. The van der Waals surface area contributed by atoms with Gasteiger partial charge in [0, 0.05) is 25.5 Å². The fraction of sp³-hybridized carbons (Fsp3) is 0.419. The van der Waals surface area contributed by atoms with Gasteiger partial charge in [0.05, 0.1) is 6.61 Å². The molecule has 16 heteroatoms. The molecule has 4 rings (SSSR count). The predicted molar refractivity (Wildman–Crippen MR) is 169 cm³/mol. The molecule has 1 N–H and O–H groups in total. The highest BCUT2D eigenvalue weighted by Crippen LogP contribution is 2.32. The number of benzene rings is 2. The van der Waals surface area contributed by atoms with Crippen LogP contribution in [0.15, 0.2) is 48.5 Å². The third kappa shape index (κ3) is 9.97. The number of aromatic amines is 1. The Bertz CT molecular complexity index is 1630. The average molecular weight is 670 g/mol. The molecule has 250 valence electrons. The summed E-state index contributed by atoms with van der Waals surface area (Å²) in [7, 11) is 0. The molecular weight excluding hydrogens is 634 g/mol. The first-order chi connectivity index (χ1) is 22.7. The van der Waals surface area contributed by atoms with Gasteiger partial charge in [0.2, 0.25) is 12.1 Å². The summed E-state index contributed by atoms with van der Waals surface area (Å²) in [4.78, 5) is 44.8. The minimum atomic E-state index is -1.29. The van der Waals surface area contributed by atoms with E-state index in [4.69, 9.17) is 25.8 Å². The normalized spacial score (nSPS) is 12.3. The van der Waals surface area contributed by atoms with E-state index in [1.165, 1.54) is 6.92 Å². The number of unbranched alkanes of at least 4 members (excludes halogenated alkanes) is 2. The van der Waals surface area contributed by atoms with Crippen LogP contribution in [0.2, 0.25) is 5.15 Å². The molecule has 0 fully saturated rings. The Morgan fingerprint density at radius 2 is 1.85 bits per heavy atom. The lowest BCUT2D eigenvalue weighted by Gasteiger charge is -2.17. The number of hydrogen-bond donors (Lipinski definition) is 1. The summed E-state index contributed by atoms with van der Waals surface area (Å²) in [6.07, 6.45) is 0.766. The lowest BCUT2D eigenvalue weighted by molar-refractivity contribution is -0.767. The van der Waals surface area contributed by atoms with E-state index in [9.17, 15) is 19.7 Å². The molecule has 2 aromatic carbocycles. The van der Waals surface area contributed by atoms with Gasteiger partial charge in [-0.05, 0) is 60.6 Å². The molecule has 0 aliphatic heterocycles. The standard InChI is InChI=1S/C31H36ClN7O8/c1-4-5-14-26-33-28(32)27(30(40)45-21(3)46-31(41)44-17-10-9-11-20(2)47-39(42)43)38(26)19-22-15-16-24(23-12-7-6-8-13-23)25(18-22)29-34-36-37-35-29/h6-8,12-13,15-16,18,20-21H,4-5,9-11,14,17,19H2,1-3H3,(H,34,35,36,37)/t20-,21?/m1/s1. The summed E-state index contributed by atoms with van der Waals surface area (Å²) in [5, 5.41) is 24.1. The predicted octanol–water partition coefficient (Wildman–Crippen LogP) is 6.20. The topological polar surface area (TPSA) is 186 Å². The number of nitrogens with zero attached hydrogens (tertiary/aromatic N) is 6. The summed E-state index contributed by atoms with van der Waals surface area (Å²) in [5.41, 5.74) is 3.45. The maximum Gasteiger partial charge on any atom is 0.511 e. The van der Waals surface area contributed by atoms with Crippen LogP contribution in [0, 0.1) is 10.1 Å². The monoisotopic (exact) mass is 669 g/mol. The number of rotatable bonds is 17. The largest absolute Gasteiger partial charge is 0.511 e. The van der Waals surface area contributed by atoms with Crippen LogP contribution < -0.4 is 0 Å². The first kappa shape index (κ1) is 34.8. The van der Waals surface area contributed by atoms with Crippen LogP contribution >= 0.6 is 11.6 Å². The second-order valence-electron chi connectivity index (χ2n) is 10.7. The van der Waals surface area contributed by atoms with Gasteiger partial charge >= 0.3 is 12.1 Å². The van der Waals surface area contributed by atoms with E-state index in [2.05, 4.69) is 30.4 Å². The lowest BCUT2D eigenvalue weighted by Crippen LogP contribution is -2.24. The SMILES string of the molecule is CCCCc1nc(Cl)c(C(=O)OC(C)OC(=O)OCCCC[C@@H](C)O[N+](=O)[O-])n1Cc1ccc(-c2ccccc2)c(-c2nn[nH]n2)c1. The number of hydrogen-bond acceptors (Lipinski definition) is 12. The molecule has 0 aliphatic rings. The van der Waals surface area contributed by atoms with Gasteiger partial charge < -0.3 is 23.6 Å². The Labute approximate surface area is 275 Å². The minimum Gasteiger partial charge on any atom is -0.434 e. The molecule has 0 saturated carbocycles. The molecule has 0 spiro atoms. The minimum absolute atomic E-state index is 0.0129. The van der Waals surface area contributed by atoms with Crippen LogP contribution in [0.25, 0.3) is 22.5 Å². The zero-order valence-corrected chi connectivity index (χ0v) is 27.0. The Morgan fingerprint density at radius 1 is 1.06 bits per heavy atom. The number of nitrogens with one attached hydrogen (secondary N) is 1. The van der Waals surface area contributed by atoms with Crippen LogP contribution in [-0.4, -0.2) is 66.4 Å². The van der Waals surface area contributed by atoms with E-state index in [1.54, 1.807) is 11.5 Å². The molecule has 15 nitrogen and oxygen atoms in total. The van der Waals surface area contributed by atoms with Crippen molar-refractivity contribution in [2.45, 2.75) is 78.2 Å². The van der Waals surface area contributed by atoms with Gasteiger partial charge in [-0.25, -0.2) is 14.6 Å². The number of aromatic nitrogens is 6. The molecule has 4 aromatic rings. The first-order valence-electron chi connectivity index (χ1n) is 15.2. The van der Waals surface area contributed by atoms with Crippen molar-refractivity contribution in [3.8, 4) is 22.5 Å². The highest BCUT2D eigenvalue weighted by atomic mass is 35.5. The van der Waals surface area contributed by atoms with Crippen molar-refractivity contribution in [1.82, 2.24) is 30.2 Å². The smallest absolute Gasteiger partial charge is 0.434 e. The third-order valence-corrected chi connectivity index (χ3v) is 7.34. The Kier molecular flexibility index (Phi) is 12.6. The number of esters is 1. The number of imidazole rings is 1. The molecule has 1 unspecified atom stereocenters. The molecular formula is C31H36ClN7O8. The van der Waals surface area contributed by atoms with Crippen molar-refractivity contribution >= 4 is 23.7 Å². The van der Waals surface area contributed by atoms with Crippen molar-refractivity contribution in [2.75, 3.05) is 6.61 Å². The lowest BCUT2D eigenvalue weighted by atomic mass is 9.97. The zero-order valence-electron chi connectivity index (χ0n) is 26.3. The summed E-state index contributed by atoms with van der Waals surface area (Å²) in [6, 6.07) is 15.6. The number of aryl methyl sites for hydroxylation is 1. The number of halogens is 1. The van der Waals surface area contributed by atoms with E-state index >= 15 is 0 Å². The average Bonchev–Trinajstić information content (AvgIpc) is 3.68. The molecule has 2 heterocycles. The summed E-state index contributed by atoms with van der Waals surface area (Å²) >= 11 is 6.50. The molecule has 0 aliphatic carbocycles. The van der Waals surface area contributed by atoms with Gasteiger partial charge in [0.25, 0.3) is 5.09 Å². The van der Waals surface area contributed by atoms with Crippen molar-refractivity contribution in [2.24, 2.45) is 0 Å². The van der Waals surface area contributed by atoms with Gasteiger partial charge in [-0.1, -0.05) is 67.4 Å². The van der Waals surface area contributed by atoms with Crippen molar-refractivity contribution < 1.29 is 33.7 Å². The van der Waals surface area contributed by atoms with Gasteiger partial charge in [-0.15, -0.1) is 20.3 Å². The molecule has 0 radical (unpaired) electrons. The van der Waals surface area contributed by atoms with E-state index in [-0.39, 0.29) is 24.0 Å². The molecule has 0 bridgehead atoms. The fourth-order valence-corrected chi connectivity index (χ4v) is 5.13. The van der Waals surface area contributed by atoms with Gasteiger partial charge in [-0.2, -0.15) is 5.21 Å². The van der Waals surface area contributed by atoms with Gasteiger partial charge in [0.15, 0.2) is 10.8 Å². The molecule has 0 amide bonds. The number of H-pyrrole nitrogens is 1. The van der Waals surface area contributed by atoms with E-state index < -0.39 is 29.6 Å². The fourth-order valence-electron chi connectivity index (χ4n) is 4.85. The van der Waals surface area contributed by atoms with Crippen LogP contribution in [0.4, 0.5) is 4.79 Å². The molecule has 0 saturated heterocycles. The quantitative estimate of drug-likeness (QED) is 0.0442. The molecule has 2 aromatic heterocycles. The maximum absolute atomic E-state index is 13.4. The summed E-state index contributed by atoms with van der Waals surface area (Å²) in [5.74, 6) is 0.184. The molecule has 2 atom stereocenters. The highest BCUT2D eigenvalue weighted by Gasteiger charge is 2.26. The number of ether oxygens (including phenoxy) is 3. The summed E-state index contributed by atoms with van der Waals surface area (Å²) in [6.45, 7) is 5.24. The van der Waals surface area contributed by atoms with Crippen molar-refractivity contribution in [3.05, 3.63) is 80.9 Å². The van der Waals surface area contributed by atoms with E-state index in [0.717, 1.165) is 35.1 Å². The Morgan fingerprint density at radius 3 is 2.55 bits per heavy atom. The molecule has 47 heavy (non-hydrogen) atoms. The van der Waals surface area contributed by atoms with Gasteiger partial charge in [0.1, 0.15) is 11.9 Å². The van der Waals surface area contributed by atoms with Crippen LogP contribution in [-0.2, 0) is 32.0 Å². The zero-order chi connectivity index (χ0) is 33.8. The van der Waals surface area contributed by atoms with Gasteiger partial charge in [-0.3, -0.25) is 0 Å². The summed E-state index contributed by atoms with van der Waals surface area (Å²) < 4.78 is 17.2. The van der Waals surface area contributed by atoms with Crippen LogP contribution in [0.1, 0.15) is 74.8 Å². The van der Waals surface area contributed by atoms with Crippen molar-refractivity contribution in [3.63, 3.8) is 0 Å². The van der Waals surface area contributed by atoms with Crippen LogP contribution in [0.5, 0.6) is 0 Å². The maximum atomic E-state index is 13.4. The number of carbonyl (C=O) groups is 2. The Hall–Kier alpha value is -5.05. The second-order valence-corrected chi connectivity index (χ2v) is 11.0. The highest BCUT2D eigenvalue weighted by molar-refractivity contribution is 6.32. The first-order valence-corrected chi connectivity index (χ1v) is 15.6. The van der Waals surface area contributed by atoms with Crippen molar-refractivity contribution in [1.29, 1.82) is 0 Å². The number of carbonyl (C=O) groups excluding carboxylic acids is 2. The third-order valence-electron chi connectivity index (χ3n) is 7.07. The van der Waals surface area contributed by atoms with Crippen LogP contribution in [0.3, 0.4) is 0 Å². The number of tetrazole rings is 1. The van der Waals surface area contributed by atoms with E-state index in [1.807, 2.05) is 55.5 Å². The Balaban J connectivity index is 1.46.